The lowest BCUT2D eigenvalue weighted by atomic mass is 10.0. The van der Waals surface area contributed by atoms with Crippen LogP contribution in [-0.2, 0) is 10.0 Å². The average molecular weight is 424 g/mol. The number of sulfonamides is 1. The van der Waals surface area contributed by atoms with Crippen LogP contribution in [0.5, 0.6) is 5.75 Å². The fourth-order valence-electron chi connectivity index (χ4n) is 2.94. The summed E-state index contributed by atoms with van der Waals surface area (Å²) in [6.45, 7) is 0.543. The van der Waals surface area contributed by atoms with Crippen LogP contribution in [0.15, 0.2) is 41.4 Å². The van der Waals surface area contributed by atoms with Gasteiger partial charge in [-0.25, -0.2) is 13.4 Å². The van der Waals surface area contributed by atoms with Crippen LogP contribution in [0, 0.1) is 18.3 Å². The van der Waals surface area contributed by atoms with E-state index < -0.39 is 28.3 Å². The number of aryl methyl sites for hydroxylation is 1. The first-order valence-corrected chi connectivity index (χ1v) is 10.1. The summed E-state index contributed by atoms with van der Waals surface area (Å²) in [5.74, 6) is 0.239. The number of aliphatic hydroxyl groups is 2. The van der Waals surface area contributed by atoms with Crippen molar-refractivity contribution in [2.24, 2.45) is 0 Å². The highest BCUT2D eigenvalue weighted by Crippen LogP contribution is 2.33. The quantitative estimate of drug-likeness (QED) is 0.737. The Kier molecular flexibility index (Phi) is 5.61. The van der Waals surface area contributed by atoms with E-state index in [4.69, 9.17) is 21.6 Å². The monoisotopic (exact) mass is 423 g/mol. The van der Waals surface area contributed by atoms with Crippen LogP contribution in [0.3, 0.4) is 0 Å². The van der Waals surface area contributed by atoms with Gasteiger partial charge in [-0.05, 0) is 36.8 Å². The minimum absolute atomic E-state index is 0.0770. The molecule has 28 heavy (non-hydrogen) atoms. The van der Waals surface area contributed by atoms with Crippen LogP contribution in [0.2, 0.25) is 5.02 Å². The molecule has 2 N–H and O–H groups in total. The van der Waals surface area contributed by atoms with Gasteiger partial charge in [-0.15, -0.1) is 0 Å². The van der Waals surface area contributed by atoms with Gasteiger partial charge in [0.15, 0.2) is 0 Å². The molecule has 0 radical (unpaired) electrons. The summed E-state index contributed by atoms with van der Waals surface area (Å²) < 4.78 is 32.7. The average Bonchev–Trinajstić information content (AvgIpc) is 3.00. The molecule has 2 aromatic rings. The highest BCUT2D eigenvalue weighted by atomic mass is 35.5. The Hall–Kier alpha value is -2.22. The van der Waals surface area contributed by atoms with Crippen molar-refractivity contribution < 1.29 is 23.4 Å². The van der Waals surface area contributed by atoms with E-state index in [1.54, 1.807) is 19.1 Å². The number of pyridine rings is 1. The number of hydrogen-bond donors (Lipinski definition) is 2. The van der Waals surface area contributed by atoms with Gasteiger partial charge < -0.3 is 14.9 Å². The van der Waals surface area contributed by atoms with E-state index in [-0.39, 0.29) is 34.5 Å². The molecular weight excluding hydrogens is 406 g/mol. The van der Waals surface area contributed by atoms with Gasteiger partial charge in [-0.2, -0.15) is 9.57 Å². The second kappa shape index (κ2) is 7.66. The Labute approximate surface area is 167 Å². The molecule has 1 aromatic carbocycles. The summed E-state index contributed by atoms with van der Waals surface area (Å²) in [6, 6.07) is 9.37. The third-order valence-corrected chi connectivity index (χ3v) is 6.82. The molecule has 0 spiro atoms. The number of nitrogens with zero attached hydrogens (tertiary/aromatic N) is 3. The molecule has 2 atom stereocenters. The maximum atomic E-state index is 13.0. The third kappa shape index (κ3) is 3.83. The fourth-order valence-corrected chi connectivity index (χ4v) is 5.02. The van der Waals surface area contributed by atoms with Crippen molar-refractivity contribution in [2.45, 2.75) is 23.5 Å². The van der Waals surface area contributed by atoms with Crippen molar-refractivity contribution in [1.82, 2.24) is 9.29 Å². The highest BCUT2D eigenvalue weighted by molar-refractivity contribution is 7.89. The van der Waals surface area contributed by atoms with Crippen molar-refractivity contribution in [2.75, 3.05) is 19.7 Å². The zero-order valence-corrected chi connectivity index (χ0v) is 16.5. The number of β-amino-alcohol motifs (C(OH)–C–C–N with tert-alkyl or cyclic N) is 1. The second-order valence-electron chi connectivity index (χ2n) is 6.59. The number of aromatic nitrogens is 1. The number of halogens is 1. The molecule has 0 amide bonds. The summed E-state index contributed by atoms with van der Waals surface area (Å²) in [4.78, 5) is 3.79. The van der Waals surface area contributed by atoms with Gasteiger partial charge in [0.25, 0.3) is 0 Å². The minimum atomic E-state index is -4.01. The van der Waals surface area contributed by atoms with Gasteiger partial charge in [-0.1, -0.05) is 17.7 Å². The third-order valence-electron chi connectivity index (χ3n) is 4.53. The molecule has 2 heterocycles. The van der Waals surface area contributed by atoms with Crippen LogP contribution >= 0.6 is 11.6 Å². The molecule has 0 saturated carbocycles. The predicted molar refractivity (Wildman–Crippen MR) is 100 cm³/mol. The van der Waals surface area contributed by atoms with E-state index in [1.165, 1.54) is 24.4 Å². The highest BCUT2D eigenvalue weighted by Gasteiger charge is 2.51. The molecule has 0 aliphatic carbocycles. The van der Waals surface area contributed by atoms with Gasteiger partial charge in [-0.3, -0.25) is 0 Å². The SMILES string of the molecule is Cc1ccc(S(=O)(=O)N2C[C@H](Oc3ccc(C#N)nc3)[C@](O)(CO)C2)c(Cl)c1. The first-order chi connectivity index (χ1) is 13.2. The van der Waals surface area contributed by atoms with E-state index in [2.05, 4.69) is 4.98 Å². The number of rotatable bonds is 5. The molecule has 148 valence electrons. The largest absolute Gasteiger partial charge is 0.484 e. The topological polar surface area (TPSA) is 124 Å². The summed E-state index contributed by atoms with van der Waals surface area (Å²) in [5, 5.41) is 29.3. The Morgan fingerprint density at radius 1 is 1.43 bits per heavy atom. The molecule has 1 saturated heterocycles. The summed E-state index contributed by atoms with van der Waals surface area (Å²) >= 11 is 6.11. The van der Waals surface area contributed by atoms with Gasteiger partial charge in [0, 0.05) is 6.54 Å². The van der Waals surface area contributed by atoms with Crippen LogP contribution in [0.1, 0.15) is 11.3 Å². The van der Waals surface area contributed by atoms with Crippen molar-refractivity contribution in [3.05, 3.63) is 52.8 Å². The lowest BCUT2D eigenvalue weighted by Crippen LogP contribution is -2.48. The predicted octanol–water partition coefficient (Wildman–Crippen LogP) is 1.09. The number of nitriles is 1. The minimum Gasteiger partial charge on any atom is -0.484 e. The molecule has 1 aliphatic rings. The van der Waals surface area contributed by atoms with Crippen molar-refractivity contribution in [3.63, 3.8) is 0 Å². The molecule has 1 aliphatic heterocycles. The number of benzene rings is 1. The van der Waals surface area contributed by atoms with E-state index in [0.29, 0.717) is 0 Å². The maximum absolute atomic E-state index is 13.0. The number of aliphatic hydroxyl groups excluding tert-OH is 1. The molecule has 1 aromatic heterocycles. The van der Waals surface area contributed by atoms with Crippen molar-refractivity contribution in [3.8, 4) is 11.8 Å². The van der Waals surface area contributed by atoms with Crippen molar-refractivity contribution >= 4 is 21.6 Å². The lowest BCUT2D eigenvalue weighted by molar-refractivity contribution is -0.0641. The Morgan fingerprint density at radius 3 is 2.75 bits per heavy atom. The molecule has 8 nitrogen and oxygen atoms in total. The molecule has 1 fully saturated rings. The van der Waals surface area contributed by atoms with Gasteiger partial charge in [0.1, 0.15) is 34.1 Å². The van der Waals surface area contributed by atoms with E-state index in [0.717, 1.165) is 9.87 Å². The normalized spacial score (nSPS) is 22.8. The standard InChI is InChI=1S/C18H18ClN3O5S/c1-12-2-5-16(15(19)6-12)28(25,26)22-9-17(18(24,10-22)11-23)27-14-4-3-13(7-20)21-8-14/h2-6,8,17,23-24H,9-11H2,1H3/t17-,18+/m0/s1. The Bertz CT molecular complexity index is 1020. The van der Waals surface area contributed by atoms with Crippen molar-refractivity contribution in [1.29, 1.82) is 5.26 Å². The summed E-state index contributed by atoms with van der Waals surface area (Å²) in [7, 11) is -4.01. The molecule has 10 heteroatoms. The zero-order chi connectivity index (χ0) is 20.5. The molecule has 0 bridgehead atoms. The second-order valence-corrected chi connectivity index (χ2v) is 8.90. The fraction of sp³-hybridized carbons (Fsp3) is 0.333. The first-order valence-electron chi connectivity index (χ1n) is 8.32. The van der Waals surface area contributed by atoms with Gasteiger partial charge in [0.2, 0.25) is 10.0 Å². The van der Waals surface area contributed by atoms with E-state index in [9.17, 15) is 18.6 Å². The lowest BCUT2D eigenvalue weighted by Gasteiger charge is -2.26. The molecular formula is C18H18ClN3O5S. The number of ether oxygens (including phenoxy) is 1. The van der Waals surface area contributed by atoms with Gasteiger partial charge >= 0.3 is 0 Å². The van der Waals surface area contributed by atoms with Crippen LogP contribution in [0.25, 0.3) is 0 Å². The van der Waals surface area contributed by atoms with Crippen LogP contribution < -0.4 is 4.74 Å². The van der Waals surface area contributed by atoms with E-state index in [1.807, 2.05) is 6.07 Å². The first kappa shape index (κ1) is 20.5. The summed E-state index contributed by atoms with van der Waals surface area (Å²) in [6.07, 6.45) is 0.260. The smallest absolute Gasteiger partial charge is 0.244 e. The van der Waals surface area contributed by atoms with E-state index >= 15 is 0 Å². The molecule has 0 unspecified atom stereocenters. The number of hydrogen-bond acceptors (Lipinski definition) is 7. The summed E-state index contributed by atoms with van der Waals surface area (Å²) in [5.41, 5.74) is -0.806. The Balaban J connectivity index is 1.87. The van der Waals surface area contributed by atoms with Crippen LogP contribution in [0.4, 0.5) is 0 Å². The van der Waals surface area contributed by atoms with Crippen LogP contribution in [-0.4, -0.2) is 59.3 Å². The molecule has 3 rings (SSSR count). The van der Waals surface area contributed by atoms with Gasteiger partial charge in [0.05, 0.1) is 24.4 Å². The maximum Gasteiger partial charge on any atom is 0.244 e. The zero-order valence-electron chi connectivity index (χ0n) is 14.9. The Morgan fingerprint density at radius 2 is 2.18 bits per heavy atom.